The zero-order chi connectivity index (χ0) is 24.0. The van der Waals surface area contributed by atoms with Gasteiger partial charge >= 0.3 is 6.09 Å². The van der Waals surface area contributed by atoms with Gasteiger partial charge in [-0.15, -0.1) is 5.10 Å². The summed E-state index contributed by atoms with van der Waals surface area (Å²) in [4.78, 5) is 24.4. The summed E-state index contributed by atoms with van der Waals surface area (Å²) < 4.78 is 8.95. The Bertz CT molecular complexity index is 1170. The molecule has 2 amide bonds. The molecule has 0 spiro atoms. The number of thiocarbonyl (C=S) groups is 1. The maximum atomic E-state index is 12.3. The summed E-state index contributed by atoms with van der Waals surface area (Å²) in [6.45, 7) is 5.32. The number of halogens is 1. The molecule has 0 atom stereocenters. The van der Waals surface area contributed by atoms with Gasteiger partial charge in [0.05, 0.1) is 11.4 Å². The van der Waals surface area contributed by atoms with Crippen LogP contribution in [0.4, 0.5) is 27.5 Å². The number of para-hydroxylation sites is 2. The highest BCUT2D eigenvalue weighted by atomic mass is 35.5. The highest BCUT2D eigenvalue weighted by molar-refractivity contribution is 7.80. The third-order valence-electron chi connectivity index (χ3n) is 3.82. The molecule has 0 unspecified atom stereocenters. The Morgan fingerprint density at radius 1 is 1.00 bits per heavy atom. The van der Waals surface area contributed by atoms with E-state index in [2.05, 4.69) is 30.9 Å². The molecule has 0 aliphatic heterocycles. The number of carbonyl (C=O) groups is 2. The minimum absolute atomic E-state index is 0.222. The number of carbonyl (C=O) groups excluding carboxylic acids is 2. The van der Waals surface area contributed by atoms with E-state index in [4.69, 9.17) is 28.6 Å². The van der Waals surface area contributed by atoms with Gasteiger partial charge in [0.2, 0.25) is 0 Å². The van der Waals surface area contributed by atoms with Crippen LogP contribution in [0.3, 0.4) is 0 Å². The lowest BCUT2D eigenvalue weighted by atomic mass is 10.2. The van der Waals surface area contributed by atoms with Crippen molar-refractivity contribution in [1.82, 2.24) is 9.59 Å². The summed E-state index contributed by atoms with van der Waals surface area (Å²) in [6.07, 6.45) is -0.601. The van der Waals surface area contributed by atoms with E-state index in [1.165, 1.54) is 0 Å². The van der Waals surface area contributed by atoms with E-state index >= 15 is 0 Å². The Morgan fingerprint density at radius 2 is 1.64 bits per heavy atom. The highest BCUT2D eigenvalue weighted by Crippen LogP contribution is 2.25. The van der Waals surface area contributed by atoms with Gasteiger partial charge in [-0.1, -0.05) is 28.2 Å². The van der Waals surface area contributed by atoms with E-state index in [1.54, 1.807) is 68.6 Å². The fraction of sp³-hybridized carbons (Fsp3) is 0.190. The number of hydrogen-bond acceptors (Lipinski definition) is 7. The van der Waals surface area contributed by atoms with Crippen molar-refractivity contribution in [2.24, 2.45) is 0 Å². The van der Waals surface area contributed by atoms with Crippen LogP contribution in [-0.2, 0) is 4.74 Å². The second kappa shape index (κ2) is 10.6. The molecule has 33 heavy (non-hydrogen) atoms. The van der Waals surface area contributed by atoms with E-state index in [1.807, 2.05) is 0 Å². The lowest BCUT2D eigenvalue weighted by Gasteiger charge is -2.20. The molecule has 0 saturated heterocycles. The number of benzene rings is 2. The average molecular weight is 505 g/mol. The van der Waals surface area contributed by atoms with Gasteiger partial charge in [0.1, 0.15) is 5.60 Å². The topological polar surface area (TPSA) is 117 Å². The monoisotopic (exact) mass is 504 g/mol. The molecular formula is C21H21ClN6O3S2. The summed E-state index contributed by atoms with van der Waals surface area (Å²) in [5, 5.41) is 17.4. The molecule has 3 rings (SSSR count). The second-order valence-corrected chi connectivity index (χ2v) is 9.18. The number of ether oxygens (including phenoxy) is 1. The molecule has 0 aliphatic rings. The Hall–Kier alpha value is -3.28. The van der Waals surface area contributed by atoms with Gasteiger partial charge in [-0.05, 0) is 74.9 Å². The smallest absolute Gasteiger partial charge is 0.412 e. The predicted octanol–water partition coefficient (Wildman–Crippen LogP) is 5.60. The van der Waals surface area contributed by atoms with Crippen molar-refractivity contribution >= 4 is 75.2 Å². The van der Waals surface area contributed by atoms with Crippen molar-refractivity contribution in [3.05, 3.63) is 58.6 Å². The number of hydrogen-bond donors (Lipinski definition) is 4. The molecule has 12 heteroatoms. The van der Waals surface area contributed by atoms with Crippen LogP contribution in [0.25, 0.3) is 0 Å². The van der Waals surface area contributed by atoms with Gasteiger partial charge in [0, 0.05) is 21.8 Å². The third kappa shape index (κ3) is 7.67. The number of rotatable bonds is 5. The number of amides is 2. The van der Waals surface area contributed by atoms with Gasteiger partial charge in [0.15, 0.2) is 10.8 Å². The van der Waals surface area contributed by atoms with E-state index in [0.717, 1.165) is 11.5 Å². The van der Waals surface area contributed by atoms with Gasteiger partial charge in [-0.2, -0.15) is 0 Å². The molecule has 0 aliphatic carbocycles. The minimum Gasteiger partial charge on any atom is -0.444 e. The Morgan fingerprint density at radius 3 is 2.24 bits per heavy atom. The first-order valence-electron chi connectivity index (χ1n) is 9.65. The SMILES string of the molecule is CC(C)(C)OC(=O)Nc1cc(Cl)cc(NC(=S)Nc2ccccc2NC(=O)c2csnn2)c1. The zero-order valence-electron chi connectivity index (χ0n) is 17.9. The zero-order valence-corrected chi connectivity index (χ0v) is 20.3. The Kier molecular flexibility index (Phi) is 7.79. The van der Waals surface area contributed by atoms with Crippen LogP contribution in [0, 0.1) is 0 Å². The minimum atomic E-state index is -0.631. The van der Waals surface area contributed by atoms with E-state index in [9.17, 15) is 9.59 Å². The Labute approximate surface area is 205 Å². The molecule has 1 aromatic heterocycles. The second-order valence-electron chi connectivity index (χ2n) is 7.72. The van der Waals surface area contributed by atoms with Gasteiger partial charge in [-0.25, -0.2) is 4.79 Å². The third-order valence-corrected chi connectivity index (χ3v) is 4.74. The highest BCUT2D eigenvalue weighted by Gasteiger charge is 2.17. The first-order valence-corrected chi connectivity index (χ1v) is 11.3. The van der Waals surface area contributed by atoms with Crippen molar-refractivity contribution in [2.45, 2.75) is 26.4 Å². The molecule has 2 aromatic carbocycles. The maximum Gasteiger partial charge on any atom is 0.412 e. The summed E-state index contributed by atoms with van der Waals surface area (Å²) in [5.41, 5.74) is 1.65. The van der Waals surface area contributed by atoms with Crippen molar-refractivity contribution in [1.29, 1.82) is 0 Å². The number of anilines is 4. The molecule has 9 nitrogen and oxygen atoms in total. The van der Waals surface area contributed by atoms with Crippen LogP contribution in [0.1, 0.15) is 31.3 Å². The van der Waals surface area contributed by atoms with E-state index < -0.39 is 11.7 Å². The van der Waals surface area contributed by atoms with Crippen molar-refractivity contribution in [2.75, 3.05) is 21.3 Å². The quantitative estimate of drug-likeness (QED) is 0.332. The van der Waals surface area contributed by atoms with Crippen LogP contribution in [-0.4, -0.2) is 32.3 Å². The summed E-state index contributed by atoms with van der Waals surface area (Å²) >= 11 is 12.7. The van der Waals surface area contributed by atoms with Crippen molar-refractivity contribution in [3.8, 4) is 0 Å². The average Bonchev–Trinajstić information content (AvgIpc) is 3.22. The maximum absolute atomic E-state index is 12.3. The molecule has 0 radical (unpaired) electrons. The largest absolute Gasteiger partial charge is 0.444 e. The summed E-state index contributed by atoms with van der Waals surface area (Å²) in [7, 11) is 0. The van der Waals surface area contributed by atoms with Crippen LogP contribution < -0.4 is 21.3 Å². The molecule has 3 aromatic rings. The lowest BCUT2D eigenvalue weighted by molar-refractivity contribution is 0.0635. The van der Waals surface area contributed by atoms with Gasteiger partial charge < -0.3 is 20.7 Å². The molecule has 0 fully saturated rings. The fourth-order valence-corrected chi connectivity index (χ4v) is 3.49. The molecular weight excluding hydrogens is 484 g/mol. The van der Waals surface area contributed by atoms with Crippen molar-refractivity contribution < 1.29 is 14.3 Å². The van der Waals surface area contributed by atoms with Gasteiger partial charge in [-0.3, -0.25) is 10.1 Å². The van der Waals surface area contributed by atoms with E-state index in [-0.39, 0.29) is 16.7 Å². The first kappa shape index (κ1) is 24.4. The Balaban J connectivity index is 1.67. The van der Waals surface area contributed by atoms with Crippen LogP contribution in [0.15, 0.2) is 47.8 Å². The first-order chi connectivity index (χ1) is 15.6. The standard InChI is InChI=1S/C21H21ClN6O3S2/c1-21(2,3)31-20(30)24-14-9-12(22)8-13(10-14)23-19(32)26-16-7-5-4-6-15(16)25-18(29)17-11-33-28-27-17/h4-11H,1-3H3,(H,24,30)(H,25,29)(H2,23,26,32). The van der Waals surface area contributed by atoms with Gasteiger partial charge in [0.25, 0.3) is 5.91 Å². The van der Waals surface area contributed by atoms with E-state index in [0.29, 0.717) is 27.8 Å². The predicted molar refractivity (Wildman–Crippen MR) is 135 cm³/mol. The van der Waals surface area contributed by atoms with Crippen LogP contribution in [0.5, 0.6) is 0 Å². The molecule has 4 N–H and O–H groups in total. The lowest BCUT2D eigenvalue weighted by Crippen LogP contribution is -2.27. The summed E-state index contributed by atoms with van der Waals surface area (Å²) in [6, 6.07) is 12.0. The number of nitrogens with zero attached hydrogens (tertiary/aromatic N) is 2. The number of aromatic nitrogens is 2. The molecule has 0 saturated carbocycles. The fourth-order valence-electron chi connectivity index (χ4n) is 2.59. The van der Waals surface area contributed by atoms with Crippen LogP contribution >= 0.6 is 35.4 Å². The number of nitrogens with one attached hydrogen (secondary N) is 4. The normalized spacial score (nSPS) is 10.8. The molecule has 1 heterocycles. The molecule has 0 bridgehead atoms. The van der Waals surface area contributed by atoms with Crippen LogP contribution in [0.2, 0.25) is 5.02 Å². The molecule has 172 valence electrons. The van der Waals surface area contributed by atoms with Crippen molar-refractivity contribution in [3.63, 3.8) is 0 Å². The summed E-state index contributed by atoms with van der Waals surface area (Å²) in [5.74, 6) is -0.385.